The van der Waals surface area contributed by atoms with Gasteiger partial charge in [0.15, 0.2) is 0 Å². The lowest BCUT2D eigenvalue weighted by Gasteiger charge is -2.04. The van der Waals surface area contributed by atoms with E-state index in [1.54, 1.807) is 18.4 Å². The van der Waals surface area contributed by atoms with Gasteiger partial charge in [-0.3, -0.25) is 9.00 Å². The van der Waals surface area contributed by atoms with Crippen LogP contribution in [0.2, 0.25) is 0 Å². The van der Waals surface area contributed by atoms with E-state index in [4.69, 9.17) is 5.73 Å². The number of rotatable bonds is 6. The van der Waals surface area contributed by atoms with Crippen molar-refractivity contribution in [3.63, 3.8) is 0 Å². The zero-order chi connectivity index (χ0) is 12.7. The summed E-state index contributed by atoms with van der Waals surface area (Å²) in [6.07, 6.45) is 2.77. The first kappa shape index (κ1) is 13.7. The first-order chi connectivity index (χ1) is 8.08. The third-order valence-corrected chi connectivity index (χ3v) is 3.14. The van der Waals surface area contributed by atoms with Gasteiger partial charge in [0.1, 0.15) is 0 Å². The Morgan fingerprint density at radius 2 is 2.00 bits per heavy atom. The lowest BCUT2D eigenvalue weighted by molar-refractivity contribution is -0.120. The van der Waals surface area contributed by atoms with Crippen molar-refractivity contribution >= 4 is 22.4 Å². The van der Waals surface area contributed by atoms with E-state index < -0.39 is 10.8 Å². The summed E-state index contributed by atoms with van der Waals surface area (Å²) in [6.45, 7) is 0.577. The quantitative estimate of drug-likeness (QED) is 0.579. The Morgan fingerprint density at radius 1 is 1.35 bits per heavy atom. The Labute approximate surface area is 104 Å². The molecule has 0 spiro atoms. The molecule has 3 N–H and O–H groups in total. The van der Waals surface area contributed by atoms with Gasteiger partial charge in [-0.2, -0.15) is 0 Å². The van der Waals surface area contributed by atoms with Crippen molar-refractivity contribution in [1.29, 1.82) is 0 Å². The average Bonchev–Trinajstić information content (AvgIpc) is 2.27. The van der Waals surface area contributed by atoms with Crippen molar-refractivity contribution in [3.8, 4) is 0 Å². The van der Waals surface area contributed by atoms with E-state index in [9.17, 15) is 9.00 Å². The van der Waals surface area contributed by atoms with Crippen LogP contribution in [-0.4, -0.2) is 28.7 Å². The van der Waals surface area contributed by atoms with E-state index in [1.807, 2.05) is 12.1 Å². The largest absolute Gasteiger partial charge is 0.399 e. The smallest absolute Gasteiger partial charge is 0.224 e. The van der Waals surface area contributed by atoms with Crippen LogP contribution >= 0.6 is 0 Å². The molecule has 0 saturated carbocycles. The number of nitrogens with two attached hydrogens (primary N) is 1. The molecule has 1 aromatic carbocycles. The molecule has 1 amide bonds. The van der Waals surface area contributed by atoms with Gasteiger partial charge in [0.2, 0.25) is 5.91 Å². The van der Waals surface area contributed by atoms with Crippen molar-refractivity contribution in [1.82, 2.24) is 5.32 Å². The Kier molecular flexibility index (Phi) is 5.69. The van der Waals surface area contributed by atoms with E-state index in [0.717, 1.165) is 12.0 Å². The number of nitrogen functional groups attached to an aromatic ring is 1. The van der Waals surface area contributed by atoms with Crippen molar-refractivity contribution < 1.29 is 9.00 Å². The van der Waals surface area contributed by atoms with Crippen LogP contribution in [0.25, 0.3) is 0 Å². The van der Waals surface area contributed by atoms with E-state index >= 15 is 0 Å². The minimum Gasteiger partial charge on any atom is -0.399 e. The fraction of sp³-hybridized carbons (Fsp3) is 0.417. The molecule has 4 nitrogen and oxygen atoms in total. The summed E-state index contributed by atoms with van der Waals surface area (Å²) in [4.78, 5) is 11.5. The Morgan fingerprint density at radius 3 is 2.59 bits per heavy atom. The van der Waals surface area contributed by atoms with Gasteiger partial charge < -0.3 is 11.1 Å². The van der Waals surface area contributed by atoms with Crippen LogP contribution in [0.5, 0.6) is 0 Å². The highest BCUT2D eigenvalue weighted by Gasteiger charge is 2.02. The summed E-state index contributed by atoms with van der Waals surface area (Å²) in [7, 11) is -0.786. The third kappa shape index (κ3) is 6.06. The average molecular weight is 254 g/mol. The van der Waals surface area contributed by atoms with Crippen LogP contribution in [0, 0.1) is 0 Å². The first-order valence-corrected chi connectivity index (χ1v) is 7.22. The number of anilines is 1. The van der Waals surface area contributed by atoms with Gasteiger partial charge in [-0.25, -0.2) is 0 Å². The SMILES string of the molecule is CS(=O)CCCNC(=O)Cc1ccc(N)cc1. The summed E-state index contributed by atoms with van der Waals surface area (Å²) in [5.74, 6) is 0.610. The molecule has 1 aromatic rings. The molecule has 0 heterocycles. The number of nitrogens with one attached hydrogen (secondary N) is 1. The van der Waals surface area contributed by atoms with Crippen LogP contribution in [0.15, 0.2) is 24.3 Å². The molecule has 0 aliphatic rings. The van der Waals surface area contributed by atoms with Crippen LogP contribution in [-0.2, 0) is 22.0 Å². The van der Waals surface area contributed by atoms with Crippen molar-refractivity contribution in [2.45, 2.75) is 12.8 Å². The number of amides is 1. The normalized spacial score (nSPS) is 12.1. The molecule has 5 heteroatoms. The number of hydrogen-bond acceptors (Lipinski definition) is 3. The van der Waals surface area contributed by atoms with E-state index in [-0.39, 0.29) is 5.91 Å². The second-order valence-electron chi connectivity index (χ2n) is 3.90. The maximum atomic E-state index is 11.5. The van der Waals surface area contributed by atoms with Gasteiger partial charge in [0.25, 0.3) is 0 Å². The van der Waals surface area contributed by atoms with Crippen LogP contribution in [0.1, 0.15) is 12.0 Å². The Balaban J connectivity index is 2.25. The van der Waals surface area contributed by atoms with Gasteiger partial charge >= 0.3 is 0 Å². The maximum absolute atomic E-state index is 11.5. The fourth-order valence-electron chi connectivity index (χ4n) is 1.39. The maximum Gasteiger partial charge on any atom is 0.224 e. The number of benzene rings is 1. The molecule has 94 valence electrons. The van der Waals surface area contributed by atoms with E-state index in [0.29, 0.717) is 24.4 Å². The molecular formula is C12H18N2O2S. The fourth-order valence-corrected chi connectivity index (χ4v) is 1.94. The second kappa shape index (κ2) is 7.06. The summed E-state index contributed by atoms with van der Waals surface area (Å²) < 4.78 is 10.8. The predicted molar refractivity (Wildman–Crippen MR) is 71.1 cm³/mol. The monoisotopic (exact) mass is 254 g/mol. The summed E-state index contributed by atoms with van der Waals surface area (Å²) in [6, 6.07) is 7.25. The molecule has 0 aromatic heterocycles. The predicted octanol–water partition coefficient (Wildman–Crippen LogP) is 0.696. The number of carbonyl (C=O) groups excluding carboxylic acids is 1. The molecule has 0 fully saturated rings. The standard InChI is InChI=1S/C12H18N2O2S/c1-17(16)8-2-7-14-12(15)9-10-3-5-11(13)6-4-10/h3-6H,2,7-9,13H2,1H3,(H,14,15). The number of carbonyl (C=O) groups is 1. The molecule has 0 aliphatic heterocycles. The van der Waals surface area contributed by atoms with Gasteiger partial charge in [-0.15, -0.1) is 0 Å². The van der Waals surface area contributed by atoms with Crippen molar-refractivity contribution in [3.05, 3.63) is 29.8 Å². The molecule has 0 radical (unpaired) electrons. The third-order valence-electron chi connectivity index (χ3n) is 2.28. The molecule has 1 atom stereocenters. The highest BCUT2D eigenvalue weighted by molar-refractivity contribution is 7.84. The Bertz CT molecular complexity index is 390. The topological polar surface area (TPSA) is 72.2 Å². The van der Waals surface area contributed by atoms with Gasteiger partial charge in [0, 0.05) is 35.0 Å². The lowest BCUT2D eigenvalue weighted by Crippen LogP contribution is -2.26. The van der Waals surface area contributed by atoms with Gasteiger partial charge in [0.05, 0.1) is 6.42 Å². The minimum absolute atomic E-state index is 0.0170. The van der Waals surface area contributed by atoms with Crippen LogP contribution in [0.3, 0.4) is 0 Å². The van der Waals surface area contributed by atoms with Crippen LogP contribution < -0.4 is 11.1 Å². The summed E-state index contributed by atoms with van der Waals surface area (Å²) >= 11 is 0. The van der Waals surface area contributed by atoms with Crippen LogP contribution in [0.4, 0.5) is 5.69 Å². The van der Waals surface area contributed by atoms with E-state index in [1.165, 1.54) is 0 Å². The second-order valence-corrected chi connectivity index (χ2v) is 5.45. The van der Waals surface area contributed by atoms with Crippen molar-refractivity contribution in [2.24, 2.45) is 0 Å². The van der Waals surface area contributed by atoms with E-state index in [2.05, 4.69) is 5.32 Å². The highest BCUT2D eigenvalue weighted by Crippen LogP contribution is 2.05. The molecular weight excluding hydrogens is 236 g/mol. The molecule has 0 aliphatic carbocycles. The minimum atomic E-state index is -0.786. The highest BCUT2D eigenvalue weighted by atomic mass is 32.2. The summed E-state index contributed by atoms with van der Waals surface area (Å²) in [5.41, 5.74) is 7.19. The lowest BCUT2D eigenvalue weighted by atomic mass is 10.1. The Hall–Kier alpha value is -1.36. The molecule has 1 rings (SSSR count). The van der Waals surface area contributed by atoms with Gasteiger partial charge in [-0.1, -0.05) is 12.1 Å². The zero-order valence-corrected chi connectivity index (χ0v) is 10.8. The first-order valence-electron chi connectivity index (χ1n) is 5.49. The molecule has 0 saturated heterocycles. The zero-order valence-electron chi connectivity index (χ0n) is 9.94. The van der Waals surface area contributed by atoms with Gasteiger partial charge in [-0.05, 0) is 24.1 Å². The van der Waals surface area contributed by atoms with Crippen molar-refractivity contribution in [2.75, 3.05) is 24.3 Å². The molecule has 1 unspecified atom stereocenters. The summed E-state index contributed by atoms with van der Waals surface area (Å²) in [5, 5.41) is 2.80. The molecule has 0 bridgehead atoms. The molecule has 17 heavy (non-hydrogen) atoms. The number of hydrogen-bond donors (Lipinski definition) is 2.